The van der Waals surface area contributed by atoms with Crippen molar-refractivity contribution in [3.05, 3.63) is 28.7 Å². The highest BCUT2D eigenvalue weighted by molar-refractivity contribution is 9.10. The zero-order valence-electron chi connectivity index (χ0n) is 9.23. The molecule has 0 bridgehead atoms. The van der Waals surface area contributed by atoms with E-state index in [1.165, 1.54) is 4.90 Å². The number of amides is 2. The molecule has 0 saturated carbocycles. The number of benzene rings is 1. The first-order valence-electron chi connectivity index (χ1n) is 5.22. The zero-order chi connectivity index (χ0) is 13.1. The minimum Gasteiger partial charge on any atom is -0.365 e. The summed E-state index contributed by atoms with van der Waals surface area (Å²) >= 11 is 9.87. The molecule has 96 valence electrons. The Hall–Kier alpha value is -0.720. The smallest absolute Gasteiger partial charge is 0.290 e. The lowest BCUT2D eigenvalue weighted by atomic mass is 10.3. The van der Waals surface area contributed by atoms with Crippen molar-refractivity contribution in [2.75, 3.05) is 17.7 Å². The first-order chi connectivity index (χ1) is 8.61. The highest BCUT2D eigenvalue weighted by atomic mass is 79.9. The number of hydrogen-bond acceptors (Lipinski definition) is 4. The molecule has 1 aromatic carbocycles. The Morgan fingerprint density at radius 3 is 2.61 bits per heavy atom. The lowest BCUT2D eigenvalue weighted by Crippen LogP contribution is -2.35. The van der Waals surface area contributed by atoms with Crippen molar-refractivity contribution < 1.29 is 9.59 Å². The van der Waals surface area contributed by atoms with Gasteiger partial charge in [-0.05, 0) is 36.0 Å². The second-order valence-corrected chi connectivity index (χ2v) is 5.94. The van der Waals surface area contributed by atoms with Gasteiger partial charge in [-0.3, -0.25) is 14.5 Å². The van der Waals surface area contributed by atoms with E-state index in [0.717, 1.165) is 21.9 Å². The summed E-state index contributed by atoms with van der Waals surface area (Å²) in [7, 11) is 0. The maximum absolute atomic E-state index is 11.9. The van der Waals surface area contributed by atoms with Gasteiger partial charge in [0, 0.05) is 22.6 Å². The number of hydrogen-bond donors (Lipinski definition) is 1. The Kier molecular flexibility index (Phi) is 4.53. The van der Waals surface area contributed by atoms with E-state index in [1.807, 2.05) is 24.3 Å². The summed E-state index contributed by atoms with van der Waals surface area (Å²) in [4.78, 5) is 24.7. The number of nitrogens with zero attached hydrogens (tertiary/aromatic N) is 1. The Labute approximate surface area is 122 Å². The molecule has 0 radical (unpaired) electrons. The van der Waals surface area contributed by atoms with Gasteiger partial charge in [0.2, 0.25) is 0 Å². The van der Waals surface area contributed by atoms with Crippen molar-refractivity contribution >= 4 is 56.1 Å². The molecule has 0 aromatic heterocycles. The number of rotatable bonds is 4. The van der Waals surface area contributed by atoms with Crippen molar-refractivity contribution in [3.63, 3.8) is 0 Å². The number of thioether (sulfide) groups is 1. The summed E-state index contributed by atoms with van der Waals surface area (Å²) in [6.07, 6.45) is 0. The summed E-state index contributed by atoms with van der Waals surface area (Å²) < 4.78 is 0.957. The van der Waals surface area contributed by atoms with Crippen LogP contribution >= 0.6 is 39.3 Å². The molecular weight excluding hydrogens is 340 g/mol. The van der Waals surface area contributed by atoms with Crippen molar-refractivity contribution in [1.82, 2.24) is 4.90 Å². The molecule has 18 heavy (non-hydrogen) atoms. The fourth-order valence-corrected chi connectivity index (χ4v) is 2.89. The Morgan fingerprint density at radius 1 is 1.33 bits per heavy atom. The van der Waals surface area contributed by atoms with Crippen LogP contribution in [-0.4, -0.2) is 33.8 Å². The van der Waals surface area contributed by atoms with Crippen LogP contribution in [0, 0.1) is 0 Å². The van der Waals surface area contributed by atoms with Crippen molar-refractivity contribution in [2.24, 2.45) is 0 Å². The van der Waals surface area contributed by atoms with Gasteiger partial charge >= 0.3 is 0 Å². The summed E-state index contributed by atoms with van der Waals surface area (Å²) in [6, 6.07) is 7.41. The average Bonchev–Trinajstić information content (AvgIpc) is 2.60. The maximum Gasteiger partial charge on any atom is 0.290 e. The lowest BCUT2D eigenvalue weighted by Gasteiger charge is -2.13. The fraction of sp³-hybridized carbons (Fsp3) is 0.273. The van der Waals surface area contributed by atoms with Gasteiger partial charge < -0.3 is 5.32 Å². The number of alkyl halides is 1. The molecule has 1 heterocycles. The summed E-state index contributed by atoms with van der Waals surface area (Å²) in [6.45, 7) is 0.255. The first-order valence-corrected chi connectivity index (χ1v) is 7.42. The third-order valence-corrected chi connectivity index (χ3v) is 4.05. The maximum atomic E-state index is 11.9. The third kappa shape index (κ3) is 2.99. The van der Waals surface area contributed by atoms with Crippen LogP contribution < -0.4 is 5.32 Å². The predicted octanol–water partition coefficient (Wildman–Crippen LogP) is 3.12. The summed E-state index contributed by atoms with van der Waals surface area (Å²) in [5.74, 6) is 0.0110. The molecule has 1 N–H and O–H groups in total. The van der Waals surface area contributed by atoms with Crippen LogP contribution in [0.2, 0.25) is 0 Å². The second-order valence-electron chi connectivity index (χ2n) is 3.59. The van der Waals surface area contributed by atoms with Crippen LogP contribution in [0.1, 0.15) is 0 Å². The van der Waals surface area contributed by atoms with Gasteiger partial charge in [-0.15, -0.1) is 11.6 Å². The van der Waals surface area contributed by atoms with E-state index in [-0.39, 0.29) is 23.6 Å². The van der Waals surface area contributed by atoms with Gasteiger partial charge in [-0.25, -0.2) is 0 Å². The monoisotopic (exact) mass is 348 g/mol. The van der Waals surface area contributed by atoms with Gasteiger partial charge in [-0.2, -0.15) is 0 Å². The second kappa shape index (κ2) is 5.95. The third-order valence-electron chi connectivity index (χ3n) is 2.38. The molecule has 2 rings (SSSR count). The molecule has 1 aliphatic rings. The van der Waals surface area contributed by atoms with E-state index in [4.69, 9.17) is 11.6 Å². The summed E-state index contributed by atoms with van der Waals surface area (Å²) in [5, 5.41) is 2.20. The molecule has 1 aromatic rings. The largest absolute Gasteiger partial charge is 0.365 e. The highest BCUT2D eigenvalue weighted by Gasteiger charge is 2.39. The van der Waals surface area contributed by atoms with E-state index in [1.54, 1.807) is 0 Å². The van der Waals surface area contributed by atoms with Crippen LogP contribution in [0.15, 0.2) is 28.7 Å². The first kappa shape index (κ1) is 13.7. The van der Waals surface area contributed by atoms with Gasteiger partial charge in [0.05, 0.1) is 0 Å². The number of halogens is 2. The van der Waals surface area contributed by atoms with Crippen LogP contribution in [-0.2, 0) is 4.79 Å². The number of anilines is 1. The molecule has 1 saturated heterocycles. The van der Waals surface area contributed by atoms with E-state index in [0.29, 0.717) is 0 Å². The SMILES string of the molecule is O=C1S[C@@H](Nc2ccc(Br)cc2)C(=O)N1CCCl. The minimum atomic E-state index is -0.568. The molecule has 7 heteroatoms. The van der Waals surface area contributed by atoms with Crippen LogP contribution in [0.4, 0.5) is 10.5 Å². The number of carbonyl (C=O) groups is 2. The van der Waals surface area contributed by atoms with Crippen molar-refractivity contribution in [3.8, 4) is 0 Å². The Balaban J connectivity index is 2.05. The average molecular weight is 350 g/mol. The van der Waals surface area contributed by atoms with Crippen LogP contribution in [0.3, 0.4) is 0 Å². The van der Waals surface area contributed by atoms with E-state index in [2.05, 4.69) is 21.2 Å². The molecule has 0 aliphatic carbocycles. The van der Waals surface area contributed by atoms with Gasteiger partial charge in [0.25, 0.3) is 11.1 Å². The number of imide groups is 1. The molecule has 2 amide bonds. The molecule has 1 atom stereocenters. The van der Waals surface area contributed by atoms with E-state index < -0.39 is 5.37 Å². The normalized spacial score (nSPS) is 19.4. The van der Waals surface area contributed by atoms with Crippen molar-refractivity contribution in [1.29, 1.82) is 0 Å². The van der Waals surface area contributed by atoms with Gasteiger partial charge in [-0.1, -0.05) is 15.9 Å². The topological polar surface area (TPSA) is 49.4 Å². The molecule has 0 spiro atoms. The molecule has 0 unspecified atom stereocenters. The van der Waals surface area contributed by atoms with E-state index >= 15 is 0 Å². The predicted molar refractivity (Wildman–Crippen MR) is 77.0 cm³/mol. The Morgan fingerprint density at radius 2 is 2.00 bits per heavy atom. The summed E-state index contributed by atoms with van der Waals surface area (Å²) in [5.41, 5.74) is 0.796. The number of nitrogens with one attached hydrogen (secondary N) is 1. The van der Waals surface area contributed by atoms with Crippen LogP contribution in [0.5, 0.6) is 0 Å². The quantitative estimate of drug-likeness (QED) is 0.849. The van der Waals surface area contributed by atoms with Crippen LogP contribution in [0.25, 0.3) is 0 Å². The zero-order valence-corrected chi connectivity index (χ0v) is 12.4. The fourth-order valence-electron chi connectivity index (χ4n) is 1.52. The van der Waals surface area contributed by atoms with Gasteiger partial charge in [0.1, 0.15) is 0 Å². The molecule has 1 aliphatic heterocycles. The molecule has 1 fully saturated rings. The number of carbonyl (C=O) groups excluding carboxylic acids is 2. The lowest BCUT2D eigenvalue weighted by molar-refractivity contribution is -0.126. The van der Waals surface area contributed by atoms with Crippen molar-refractivity contribution in [2.45, 2.75) is 5.37 Å². The standard InChI is InChI=1S/C11H10BrClN2O2S/c12-7-1-3-8(4-2-7)14-9-10(16)15(6-5-13)11(17)18-9/h1-4,9,14H,5-6H2/t9-/m1/s1. The van der Waals surface area contributed by atoms with E-state index in [9.17, 15) is 9.59 Å². The van der Waals surface area contributed by atoms with Gasteiger partial charge in [0.15, 0.2) is 5.37 Å². The molecular formula is C11H10BrClN2O2S. The minimum absolute atomic E-state index is 0.242. The highest BCUT2D eigenvalue weighted by Crippen LogP contribution is 2.28. The Bertz CT molecular complexity index is 469. The molecule has 4 nitrogen and oxygen atoms in total.